The van der Waals surface area contributed by atoms with Crippen molar-refractivity contribution in [2.45, 2.75) is 12.8 Å². The molecule has 1 fully saturated rings. The number of hydrogen-bond acceptors (Lipinski definition) is 5. The van der Waals surface area contributed by atoms with Gasteiger partial charge < -0.3 is 20.3 Å². The fraction of sp³-hybridized carbons (Fsp3) is 0.217. The van der Waals surface area contributed by atoms with E-state index in [0.29, 0.717) is 5.56 Å². The van der Waals surface area contributed by atoms with Gasteiger partial charge in [0.25, 0.3) is 5.91 Å². The Labute approximate surface area is 170 Å². The second kappa shape index (κ2) is 8.65. The van der Waals surface area contributed by atoms with Crippen LogP contribution in [0.2, 0.25) is 0 Å². The van der Waals surface area contributed by atoms with Crippen LogP contribution in [-0.4, -0.2) is 31.1 Å². The third-order valence-electron chi connectivity index (χ3n) is 4.96. The molecule has 148 valence electrons. The van der Waals surface area contributed by atoms with Gasteiger partial charge in [-0.05, 0) is 55.3 Å². The number of carbonyl (C=O) groups excluding carboxylic acids is 1. The van der Waals surface area contributed by atoms with E-state index in [-0.39, 0.29) is 5.91 Å². The van der Waals surface area contributed by atoms with E-state index in [9.17, 15) is 4.79 Å². The Morgan fingerprint density at radius 3 is 2.52 bits per heavy atom. The number of nitrogens with zero attached hydrogens (tertiary/aromatic N) is 2. The molecule has 1 aromatic heterocycles. The molecule has 29 heavy (non-hydrogen) atoms. The van der Waals surface area contributed by atoms with E-state index in [1.54, 1.807) is 25.6 Å². The Bertz CT molecular complexity index is 982. The molecule has 1 aliphatic heterocycles. The largest absolute Gasteiger partial charge is 0.497 e. The van der Waals surface area contributed by atoms with Gasteiger partial charge in [0.2, 0.25) is 0 Å². The lowest BCUT2D eigenvalue weighted by Gasteiger charge is -2.17. The summed E-state index contributed by atoms with van der Waals surface area (Å²) in [6.45, 7) is 2.20. The third kappa shape index (κ3) is 4.66. The van der Waals surface area contributed by atoms with Crippen molar-refractivity contribution in [2.24, 2.45) is 0 Å². The van der Waals surface area contributed by atoms with Crippen LogP contribution in [-0.2, 0) is 0 Å². The minimum absolute atomic E-state index is 0.194. The second-order valence-electron chi connectivity index (χ2n) is 7.01. The zero-order valence-corrected chi connectivity index (χ0v) is 16.4. The average Bonchev–Trinajstić information content (AvgIpc) is 3.29. The summed E-state index contributed by atoms with van der Waals surface area (Å²) in [7, 11) is 1.63. The van der Waals surface area contributed by atoms with Gasteiger partial charge in [0.1, 0.15) is 5.75 Å². The molecule has 0 atom stereocenters. The van der Waals surface area contributed by atoms with Crippen LogP contribution in [0.1, 0.15) is 23.2 Å². The number of carbonyl (C=O) groups is 1. The van der Waals surface area contributed by atoms with Crippen LogP contribution < -0.4 is 20.3 Å². The predicted octanol–water partition coefficient (Wildman–Crippen LogP) is 4.69. The molecule has 1 saturated heterocycles. The zero-order valence-electron chi connectivity index (χ0n) is 16.4. The van der Waals surface area contributed by atoms with E-state index in [1.165, 1.54) is 18.5 Å². The second-order valence-corrected chi connectivity index (χ2v) is 7.01. The van der Waals surface area contributed by atoms with Gasteiger partial charge >= 0.3 is 0 Å². The van der Waals surface area contributed by atoms with Crippen molar-refractivity contribution in [1.82, 2.24) is 4.98 Å². The first kappa shape index (κ1) is 18.8. The van der Waals surface area contributed by atoms with E-state index < -0.39 is 0 Å². The van der Waals surface area contributed by atoms with Gasteiger partial charge in [0.15, 0.2) is 0 Å². The molecule has 2 N–H and O–H groups in total. The number of aromatic nitrogens is 1. The number of anilines is 4. The predicted molar refractivity (Wildman–Crippen MR) is 116 cm³/mol. The Balaban J connectivity index is 1.42. The lowest BCUT2D eigenvalue weighted by Crippen LogP contribution is -2.17. The summed E-state index contributed by atoms with van der Waals surface area (Å²) < 4.78 is 5.24. The number of benzene rings is 2. The smallest absolute Gasteiger partial charge is 0.257 e. The highest BCUT2D eigenvalue weighted by Crippen LogP contribution is 2.23. The Morgan fingerprint density at radius 2 is 1.76 bits per heavy atom. The molecular formula is C23H24N4O2. The highest BCUT2D eigenvalue weighted by Gasteiger charge is 2.13. The molecule has 2 heterocycles. The van der Waals surface area contributed by atoms with E-state index in [0.717, 1.165) is 35.9 Å². The van der Waals surface area contributed by atoms with Crippen molar-refractivity contribution in [2.75, 3.05) is 35.7 Å². The minimum atomic E-state index is -0.194. The Hall–Kier alpha value is -3.54. The van der Waals surface area contributed by atoms with Crippen LogP contribution in [0.15, 0.2) is 67.0 Å². The number of nitrogens with one attached hydrogen (secondary N) is 2. The van der Waals surface area contributed by atoms with Crippen molar-refractivity contribution >= 4 is 28.7 Å². The number of ether oxygens (including phenoxy) is 1. The molecule has 0 unspecified atom stereocenters. The van der Waals surface area contributed by atoms with Gasteiger partial charge in [-0.2, -0.15) is 0 Å². The van der Waals surface area contributed by atoms with Crippen LogP contribution in [0, 0.1) is 0 Å². The van der Waals surface area contributed by atoms with Crippen LogP contribution in [0.5, 0.6) is 5.75 Å². The van der Waals surface area contributed by atoms with Crippen molar-refractivity contribution < 1.29 is 9.53 Å². The molecule has 6 heteroatoms. The Morgan fingerprint density at radius 1 is 0.966 bits per heavy atom. The lowest BCUT2D eigenvalue weighted by molar-refractivity contribution is 0.102. The van der Waals surface area contributed by atoms with Gasteiger partial charge in [-0.25, -0.2) is 0 Å². The molecule has 0 saturated carbocycles. The summed E-state index contributed by atoms with van der Waals surface area (Å²) in [5.74, 6) is 0.565. The molecule has 6 nitrogen and oxygen atoms in total. The summed E-state index contributed by atoms with van der Waals surface area (Å²) in [5, 5.41) is 6.19. The summed E-state index contributed by atoms with van der Waals surface area (Å²) in [6, 6.07) is 17.4. The van der Waals surface area contributed by atoms with Gasteiger partial charge in [-0.15, -0.1) is 0 Å². The third-order valence-corrected chi connectivity index (χ3v) is 4.96. The molecule has 4 rings (SSSR count). The highest BCUT2D eigenvalue weighted by molar-refractivity contribution is 6.04. The zero-order chi connectivity index (χ0) is 20.1. The van der Waals surface area contributed by atoms with Crippen molar-refractivity contribution in [3.05, 3.63) is 72.6 Å². The molecule has 0 radical (unpaired) electrons. The van der Waals surface area contributed by atoms with Gasteiger partial charge in [-0.1, -0.05) is 6.07 Å². The quantitative estimate of drug-likeness (QED) is 0.641. The first-order chi connectivity index (χ1) is 14.2. The van der Waals surface area contributed by atoms with Crippen LogP contribution >= 0.6 is 0 Å². The van der Waals surface area contributed by atoms with Crippen molar-refractivity contribution in [1.29, 1.82) is 0 Å². The molecule has 2 aromatic carbocycles. The molecule has 1 amide bonds. The summed E-state index contributed by atoms with van der Waals surface area (Å²) in [5.41, 5.74) is 4.05. The lowest BCUT2D eigenvalue weighted by atomic mass is 10.2. The molecule has 0 spiro atoms. The van der Waals surface area contributed by atoms with Crippen LogP contribution in [0.3, 0.4) is 0 Å². The molecule has 0 aliphatic carbocycles. The van der Waals surface area contributed by atoms with Crippen LogP contribution in [0.25, 0.3) is 0 Å². The van der Waals surface area contributed by atoms with E-state index in [2.05, 4.69) is 32.7 Å². The number of rotatable bonds is 6. The monoisotopic (exact) mass is 388 g/mol. The van der Waals surface area contributed by atoms with Crippen LogP contribution in [0.4, 0.5) is 22.7 Å². The van der Waals surface area contributed by atoms with E-state index in [1.807, 2.05) is 36.4 Å². The van der Waals surface area contributed by atoms with E-state index in [4.69, 9.17) is 4.74 Å². The molecular weight excluding hydrogens is 364 g/mol. The van der Waals surface area contributed by atoms with Crippen molar-refractivity contribution in [3.8, 4) is 5.75 Å². The van der Waals surface area contributed by atoms with Gasteiger partial charge in [0, 0.05) is 42.4 Å². The molecule has 3 aromatic rings. The number of methoxy groups -OCH3 is 1. The molecule has 0 bridgehead atoms. The number of amides is 1. The fourth-order valence-corrected chi connectivity index (χ4v) is 3.43. The highest BCUT2D eigenvalue weighted by atomic mass is 16.5. The number of hydrogen-bond donors (Lipinski definition) is 2. The standard InChI is InChI=1S/C23H24N4O2/c1-29-22-6-4-5-19(14-22)25-20-13-17(15-24-16-20)23(28)26-18-7-9-21(10-8-18)27-11-2-3-12-27/h4-10,13-16,25H,2-3,11-12H2,1H3,(H,26,28). The average molecular weight is 388 g/mol. The van der Waals surface area contributed by atoms with E-state index >= 15 is 0 Å². The first-order valence-electron chi connectivity index (χ1n) is 9.74. The topological polar surface area (TPSA) is 66.5 Å². The number of pyridine rings is 1. The first-order valence-corrected chi connectivity index (χ1v) is 9.74. The Kier molecular flexibility index (Phi) is 5.61. The van der Waals surface area contributed by atoms with Crippen molar-refractivity contribution in [3.63, 3.8) is 0 Å². The maximum atomic E-state index is 12.7. The SMILES string of the molecule is COc1cccc(Nc2cncc(C(=O)Nc3ccc(N4CCCC4)cc3)c2)c1. The van der Waals surface area contributed by atoms with Gasteiger partial charge in [-0.3, -0.25) is 9.78 Å². The fourth-order valence-electron chi connectivity index (χ4n) is 3.43. The summed E-state index contributed by atoms with van der Waals surface area (Å²) in [4.78, 5) is 19.2. The maximum Gasteiger partial charge on any atom is 0.257 e. The molecule has 1 aliphatic rings. The van der Waals surface area contributed by atoms with Gasteiger partial charge in [0.05, 0.1) is 24.6 Å². The normalized spacial score (nSPS) is 13.2. The summed E-state index contributed by atoms with van der Waals surface area (Å²) >= 11 is 0. The maximum absolute atomic E-state index is 12.7. The minimum Gasteiger partial charge on any atom is -0.497 e. The summed E-state index contributed by atoms with van der Waals surface area (Å²) in [6.07, 6.45) is 5.73.